The minimum atomic E-state index is -0.513. The average molecular weight is 489 g/mol. The van der Waals surface area contributed by atoms with Gasteiger partial charge in [0.15, 0.2) is 7.28 Å². The highest BCUT2D eigenvalue weighted by Gasteiger charge is 2.39. The van der Waals surface area contributed by atoms with E-state index in [-0.39, 0.29) is 37.5 Å². The highest BCUT2D eigenvalue weighted by molar-refractivity contribution is 6.51. The van der Waals surface area contributed by atoms with Crippen LogP contribution in [0.2, 0.25) is 6.82 Å². The SMILES string of the molecule is CBc1ccc(Oc2cc(F)cc(CC(=O)OCC)c2)c(CN2C(=O)O[C@@H](c3ccccc3)[C@H]2C)c1. The standard InChI is InChI=1S/C28H29BFNO5/c1-4-34-26(32)14-19-12-23(30)16-24(13-19)35-25-11-10-22(29-3)15-21(25)17-31-18(2)27(36-28(31)33)20-8-6-5-7-9-20/h5-13,15-16,18,27,29H,4,14,17H2,1-3H3/t18-,27-/m1/s1. The van der Waals surface area contributed by atoms with Gasteiger partial charge in [0.05, 0.1) is 25.6 Å². The van der Waals surface area contributed by atoms with Gasteiger partial charge in [-0.05, 0) is 43.2 Å². The van der Waals surface area contributed by atoms with E-state index in [2.05, 4.69) is 0 Å². The molecular weight excluding hydrogens is 460 g/mol. The van der Waals surface area contributed by atoms with E-state index in [4.69, 9.17) is 14.2 Å². The second-order valence-corrected chi connectivity index (χ2v) is 8.76. The molecule has 4 rings (SSSR count). The predicted molar refractivity (Wildman–Crippen MR) is 137 cm³/mol. The molecule has 186 valence electrons. The summed E-state index contributed by atoms with van der Waals surface area (Å²) in [5, 5.41) is 0. The first kappa shape index (κ1) is 25.3. The van der Waals surface area contributed by atoms with Crippen molar-refractivity contribution in [2.24, 2.45) is 0 Å². The average Bonchev–Trinajstić information content (AvgIpc) is 3.13. The zero-order valence-electron chi connectivity index (χ0n) is 20.7. The van der Waals surface area contributed by atoms with Crippen LogP contribution in [0.1, 0.15) is 36.6 Å². The van der Waals surface area contributed by atoms with Gasteiger partial charge in [-0.25, -0.2) is 9.18 Å². The molecule has 1 heterocycles. The summed E-state index contributed by atoms with van der Waals surface area (Å²) in [5.41, 5.74) is 3.26. The number of amides is 1. The van der Waals surface area contributed by atoms with Crippen LogP contribution in [0.3, 0.4) is 0 Å². The number of halogens is 1. The Balaban J connectivity index is 1.58. The molecule has 36 heavy (non-hydrogen) atoms. The lowest BCUT2D eigenvalue weighted by molar-refractivity contribution is -0.142. The summed E-state index contributed by atoms with van der Waals surface area (Å²) >= 11 is 0. The molecule has 1 saturated heterocycles. The number of hydrogen-bond acceptors (Lipinski definition) is 5. The van der Waals surface area contributed by atoms with Gasteiger partial charge in [0, 0.05) is 11.6 Å². The van der Waals surface area contributed by atoms with Crippen molar-refractivity contribution in [3.63, 3.8) is 0 Å². The van der Waals surface area contributed by atoms with Gasteiger partial charge in [0.1, 0.15) is 23.4 Å². The van der Waals surface area contributed by atoms with Crippen LogP contribution < -0.4 is 10.2 Å². The Morgan fingerprint density at radius 1 is 1.11 bits per heavy atom. The van der Waals surface area contributed by atoms with E-state index < -0.39 is 17.9 Å². The van der Waals surface area contributed by atoms with Gasteiger partial charge in [-0.15, -0.1) is 0 Å². The van der Waals surface area contributed by atoms with Crippen LogP contribution in [-0.4, -0.2) is 36.9 Å². The number of esters is 1. The van der Waals surface area contributed by atoms with Gasteiger partial charge < -0.3 is 14.2 Å². The van der Waals surface area contributed by atoms with Gasteiger partial charge in [-0.2, -0.15) is 0 Å². The normalized spacial score (nSPS) is 17.0. The predicted octanol–water partition coefficient (Wildman–Crippen LogP) is 4.92. The van der Waals surface area contributed by atoms with Gasteiger partial charge in [-0.1, -0.05) is 54.8 Å². The quantitative estimate of drug-likeness (QED) is 0.316. The highest BCUT2D eigenvalue weighted by atomic mass is 19.1. The summed E-state index contributed by atoms with van der Waals surface area (Å²) in [7, 11) is 0.809. The third-order valence-corrected chi connectivity index (χ3v) is 6.21. The van der Waals surface area contributed by atoms with Crippen molar-refractivity contribution in [1.82, 2.24) is 4.90 Å². The summed E-state index contributed by atoms with van der Waals surface area (Å²) in [4.78, 5) is 26.4. The minimum Gasteiger partial charge on any atom is -0.466 e. The first-order valence-electron chi connectivity index (χ1n) is 12.1. The molecule has 0 unspecified atom stereocenters. The number of benzene rings is 3. The van der Waals surface area contributed by atoms with Crippen LogP contribution in [0.4, 0.5) is 9.18 Å². The van der Waals surface area contributed by atoms with Crippen molar-refractivity contribution in [1.29, 1.82) is 0 Å². The van der Waals surface area contributed by atoms with Crippen LogP contribution in [-0.2, 0) is 27.2 Å². The molecule has 1 aliphatic rings. The number of carbonyl (C=O) groups is 2. The fraction of sp³-hybridized carbons (Fsp3) is 0.286. The maximum Gasteiger partial charge on any atom is 0.411 e. The topological polar surface area (TPSA) is 65.1 Å². The van der Waals surface area contributed by atoms with Crippen LogP contribution in [0, 0.1) is 5.82 Å². The molecule has 0 radical (unpaired) electrons. The van der Waals surface area contributed by atoms with Crippen LogP contribution in [0.15, 0.2) is 66.7 Å². The first-order valence-corrected chi connectivity index (χ1v) is 12.1. The van der Waals surface area contributed by atoms with E-state index in [0.29, 0.717) is 11.3 Å². The second-order valence-electron chi connectivity index (χ2n) is 8.76. The van der Waals surface area contributed by atoms with Crippen molar-refractivity contribution in [3.8, 4) is 11.5 Å². The Morgan fingerprint density at radius 3 is 2.61 bits per heavy atom. The zero-order valence-corrected chi connectivity index (χ0v) is 20.7. The number of hydrogen-bond donors (Lipinski definition) is 0. The molecule has 3 aromatic rings. The Labute approximate surface area is 211 Å². The lowest BCUT2D eigenvalue weighted by Crippen LogP contribution is -2.32. The fourth-order valence-corrected chi connectivity index (χ4v) is 4.35. The van der Waals surface area contributed by atoms with Gasteiger partial charge in [0.25, 0.3) is 0 Å². The van der Waals surface area contributed by atoms with Crippen LogP contribution in [0.5, 0.6) is 11.5 Å². The van der Waals surface area contributed by atoms with E-state index in [1.54, 1.807) is 17.9 Å². The first-order chi connectivity index (χ1) is 17.4. The van der Waals surface area contributed by atoms with Crippen molar-refractivity contribution < 1.29 is 28.2 Å². The van der Waals surface area contributed by atoms with Gasteiger partial charge in [0.2, 0.25) is 0 Å². The third kappa shape index (κ3) is 5.87. The summed E-state index contributed by atoms with van der Waals surface area (Å²) in [5.74, 6) is -0.181. The van der Waals surface area contributed by atoms with Crippen LogP contribution in [0.25, 0.3) is 0 Å². The summed E-state index contributed by atoms with van der Waals surface area (Å²) in [6.07, 6.45) is -0.820. The van der Waals surface area contributed by atoms with E-state index in [1.807, 2.05) is 62.3 Å². The maximum absolute atomic E-state index is 14.3. The summed E-state index contributed by atoms with van der Waals surface area (Å²) in [6, 6.07) is 19.4. The van der Waals surface area contributed by atoms with E-state index in [9.17, 15) is 14.0 Å². The molecule has 3 aromatic carbocycles. The zero-order chi connectivity index (χ0) is 25.7. The molecule has 0 aromatic heterocycles. The lowest BCUT2D eigenvalue weighted by Gasteiger charge is -2.23. The molecule has 6 nitrogen and oxygen atoms in total. The second kappa shape index (κ2) is 11.3. The monoisotopic (exact) mass is 489 g/mol. The molecule has 1 amide bonds. The number of rotatable bonds is 9. The largest absolute Gasteiger partial charge is 0.466 e. The third-order valence-electron chi connectivity index (χ3n) is 6.21. The van der Waals surface area contributed by atoms with Crippen molar-refractivity contribution >= 4 is 24.8 Å². The Bertz CT molecular complexity index is 1240. The van der Waals surface area contributed by atoms with Gasteiger partial charge >= 0.3 is 12.1 Å². The molecule has 0 N–H and O–H groups in total. The number of cyclic esters (lactones) is 1. The molecule has 1 aliphatic heterocycles. The molecule has 0 aliphatic carbocycles. The highest BCUT2D eigenvalue weighted by Crippen LogP contribution is 2.35. The number of carbonyl (C=O) groups excluding carboxylic acids is 2. The Kier molecular flexibility index (Phi) is 7.93. The van der Waals surface area contributed by atoms with Crippen molar-refractivity contribution in [2.75, 3.05) is 6.61 Å². The number of nitrogens with zero attached hydrogens (tertiary/aromatic N) is 1. The fourth-order valence-electron chi connectivity index (χ4n) is 4.35. The lowest BCUT2D eigenvalue weighted by atomic mass is 9.73. The van der Waals surface area contributed by atoms with Crippen LogP contribution >= 0.6 is 0 Å². The molecule has 0 spiro atoms. The van der Waals surface area contributed by atoms with Gasteiger partial charge in [-0.3, -0.25) is 9.69 Å². The minimum absolute atomic E-state index is 0.0540. The smallest absolute Gasteiger partial charge is 0.411 e. The Morgan fingerprint density at radius 2 is 1.89 bits per heavy atom. The Hall–Kier alpha value is -3.81. The van der Waals surface area contributed by atoms with E-state index >= 15 is 0 Å². The molecule has 8 heteroatoms. The van der Waals surface area contributed by atoms with E-state index in [1.165, 1.54) is 12.1 Å². The maximum atomic E-state index is 14.3. The van der Waals surface area contributed by atoms with Crippen molar-refractivity contribution in [3.05, 3.63) is 89.2 Å². The summed E-state index contributed by atoms with van der Waals surface area (Å²) < 4.78 is 31.1. The van der Waals surface area contributed by atoms with Crippen molar-refractivity contribution in [2.45, 2.75) is 45.8 Å². The molecular formula is C28H29BFNO5. The number of ether oxygens (including phenoxy) is 3. The molecule has 0 saturated carbocycles. The molecule has 0 bridgehead atoms. The molecule has 2 atom stereocenters. The summed E-state index contributed by atoms with van der Waals surface area (Å²) in [6.45, 7) is 6.26. The molecule has 1 fully saturated rings. The van der Waals surface area contributed by atoms with E-state index in [0.717, 1.165) is 23.9 Å².